The molecule has 0 fully saturated rings. The number of amides is 1. The Hall–Kier alpha value is -2.06. The first kappa shape index (κ1) is 16.0. The molecule has 1 aromatic rings. The molecule has 106 valence electrons. The molecular weight excluding hydrogens is 280 g/mol. The predicted molar refractivity (Wildman–Crippen MR) is 74.1 cm³/mol. The number of carbonyl (C=O) groups is 2. The van der Waals surface area contributed by atoms with E-state index in [1.165, 1.54) is 7.11 Å². The van der Waals surface area contributed by atoms with Crippen molar-refractivity contribution in [1.82, 2.24) is 5.32 Å². The average molecular weight is 295 g/mol. The van der Waals surface area contributed by atoms with Crippen molar-refractivity contribution in [2.75, 3.05) is 7.11 Å². The van der Waals surface area contributed by atoms with Crippen molar-refractivity contribution in [2.45, 2.75) is 19.4 Å². The van der Waals surface area contributed by atoms with Gasteiger partial charge in [0.15, 0.2) is 0 Å². The molecule has 6 heteroatoms. The highest BCUT2D eigenvalue weighted by Crippen LogP contribution is 2.16. The van der Waals surface area contributed by atoms with E-state index in [0.717, 1.165) is 0 Å². The first-order valence-corrected chi connectivity index (χ1v) is 6.39. The highest BCUT2D eigenvalue weighted by atomic mass is 35.5. The molecular formula is C14H15ClN2O3. The number of hydrogen-bond acceptors (Lipinski definition) is 4. The standard InChI is InChI=1S/C14H15ClN2O3/c1-9(7-8-16)12(14(19)20-2)17-13(18)10-5-3-4-6-11(10)15/h3-6,9,12H,7H2,1-2H3,(H,17,18)/t9-,12-/m0/s1. The van der Waals surface area contributed by atoms with E-state index in [2.05, 4.69) is 10.1 Å². The van der Waals surface area contributed by atoms with Gasteiger partial charge in [-0.1, -0.05) is 30.7 Å². The maximum atomic E-state index is 12.1. The van der Waals surface area contributed by atoms with Crippen LogP contribution in [0.3, 0.4) is 0 Å². The van der Waals surface area contributed by atoms with Crippen LogP contribution in [-0.2, 0) is 9.53 Å². The molecule has 1 rings (SSSR count). The van der Waals surface area contributed by atoms with Crippen LogP contribution in [0.4, 0.5) is 0 Å². The molecule has 0 spiro atoms. The first-order valence-electron chi connectivity index (χ1n) is 6.01. The lowest BCUT2D eigenvalue weighted by molar-refractivity contribution is -0.144. The molecule has 2 atom stereocenters. The second-order valence-corrected chi connectivity index (χ2v) is 4.70. The molecule has 20 heavy (non-hydrogen) atoms. The molecule has 0 radical (unpaired) electrons. The second kappa shape index (κ2) is 7.51. The van der Waals surface area contributed by atoms with Gasteiger partial charge in [0.05, 0.1) is 23.8 Å². The van der Waals surface area contributed by atoms with E-state index in [9.17, 15) is 9.59 Å². The van der Waals surface area contributed by atoms with Crippen LogP contribution in [0.5, 0.6) is 0 Å². The molecule has 0 aliphatic rings. The van der Waals surface area contributed by atoms with Crippen LogP contribution in [-0.4, -0.2) is 25.0 Å². The minimum absolute atomic E-state index is 0.128. The van der Waals surface area contributed by atoms with Crippen LogP contribution < -0.4 is 5.32 Å². The zero-order chi connectivity index (χ0) is 15.1. The minimum atomic E-state index is -0.886. The zero-order valence-electron chi connectivity index (χ0n) is 11.2. The number of ether oxygens (including phenoxy) is 1. The quantitative estimate of drug-likeness (QED) is 0.844. The molecule has 0 aliphatic heterocycles. The minimum Gasteiger partial charge on any atom is -0.467 e. The Labute approximate surface area is 122 Å². The topological polar surface area (TPSA) is 79.2 Å². The molecule has 0 heterocycles. The normalized spacial score (nSPS) is 12.9. The highest BCUT2D eigenvalue weighted by Gasteiger charge is 2.28. The molecule has 0 unspecified atom stereocenters. The van der Waals surface area contributed by atoms with Crippen LogP contribution in [0.25, 0.3) is 0 Å². The average Bonchev–Trinajstić information content (AvgIpc) is 2.44. The Kier molecular flexibility index (Phi) is 6.01. The van der Waals surface area contributed by atoms with Gasteiger partial charge in [-0.15, -0.1) is 0 Å². The summed E-state index contributed by atoms with van der Waals surface area (Å²) in [7, 11) is 1.23. The van der Waals surface area contributed by atoms with Gasteiger partial charge in [-0.3, -0.25) is 4.79 Å². The number of nitrogens with one attached hydrogen (secondary N) is 1. The summed E-state index contributed by atoms with van der Waals surface area (Å²) < 4.78 is 4.65. The molecule has 0 saturated heterocycles. The number of esters is 1. The smallest absolute Gasteiger partial charge is 0.328 e. The fourth-order valence-corrected chi connectivity index (χ4v) is 1.91. The fraction of sp³-hybridized carbons (Fsp3) is 0.357. The lowest BCUT2D eigenvalue weighted by atomic mass is 9.98. The number of rotatable bonds is 5. The summed E-state index contributed by atoms with van der Waals surface area (Å²) in [5.41, 5.74) is 0.271. The van der Waals surface area contributed by atoms with Crippen LogP contribution >= 0.6 is 11.6 Å². The summed E-state index contributed by atoms with van der Waals surface area (Å²) >= 11 is 5.93. The molecule has 5 nitrogen and oxygen atoms in total. The van der Waals surface area contributed by atoms with E-state index >= 15 is 0 Å². The molecule has 0 saturated carbocycles. The number of benzene rings is 1. The van der Waals surface area contributed by atoms with Gasteiger partial charge in [0.25, 0.3) is 5.91 Å². The zero-order valence-corrected chi connectivity index (χ0v) is 12.0. The van der Waals surface area contributed by atoms with Gasteiger partial charge in [-0.25, -0.2) is 4.79 Å². The van der Waals surface area contributed by atoms with Crippen LogP contribution in [0.2, 0.25) is 5.02 Å². The van der Waals surface area contributed by atoms with E-state index in [-0.39, 0.29) is 17.9 Å². The van der Waals surface area contributed by atoms with Crippen molar-refractivity contribution in [3.8, 4) is 6.07 Å². The maximum absolute atomic E-state index is 12.1. The van der Waals surface area contributed by atoms with Crippen LogP contribution in [0.15, 0.2) is 24.3 Å². The summed E-state index contributed by atoms with van der Waals surface area (Å²) in [5.74, 6) is -1.43. The van der Waals surface area contributed by atoms with E-state index in [0.29, 0.717) is 5.02 Å². The van der Waals surface area contributed by atoms with Gasteiger partial charge in [0.1, 0.15) is 6.04 Å². The number of nitrogens with zero attached hydrogens (tertiary/aromatic N) is 1. The molecule has 0 aromatic heterocycles. The van der Waals surface area contributed by atoms with E-state index < -0.39 is 17.9 Å². The Bertz CT molecular complexity index is 539. The van der Waals surface area contributed by atoms with Gasteiger partial charge in [-0.05, 0) is 12.1 Å². The first-order chi connectivity index (χ1) is 9.51. The van der Waals surface area contributed by atoms with Gasteiger partial charge in [0.2, 0.25) is 0 Å². The van der Waals surface area contributed by atoms with Crippen molar-refractivity contribution < 1.29 is 14.3 Å². The molecule has 1 amide bonds. The third-order valence-electron chi connectivity index (χ3n) is 2.84. The SMILES string of the molecule is COC(=O)[C@@H](NC(=O)c1ccccc1Cl)[C@@H](C)CC#N. The van der Waals surface area contributed by atoms with Crippen molar-refractivity contribution >= 4 is 23.5 Å². The molecule has 1 N–H and O–H groups in total. The molecule has 0 bridgehead atoms. The third kappa shape index (κ3) is 3.97. The Morgan fingerprint density at radius 3 is 2.65 bits per heavy atom. The largest absolute Gasteiger partial charge is 0.467 e. The summed E-state index contributed by atoms with van der Waals surface area (Å²) in [4.78, 5) is 23.8. The fourth-order valence-electron chi connectivity index (χ4n) is 1.69. The Morgan fingerprint density at radius 2 is 2.10 bits per heavy atom. The third-order valence-corrected chi connectivity index (χ3v) is 3.17. The predicted octanol–water partition coefficient (Wildman–Crippen LogP) is 2.16. The van der Waals surface area contributed by atoms with Crippen LogP contribution in [0, 0.1) is 17.2 Å². The number of nitriles is 1. The van der Waals surface area contributed by atoms with Gasteiger partial charge < -0.3 is 10.1 Å². The summed E-state index contributed by atoms with van der Waals surface area (Å²) in [5, 5.41) is 11.6. The van der Waals surface area contributed by atoms with Crippen molar-refractivity contribution in [3.63, 3.8) is 0 Å². The maximum Gasteiger partial charge on any atom is 0.328 e. The van der Waals surface area contributed by atoms with Crippen LogP contribution in [0.1, 0.15) is 23.7 Å². The number of carbonyl (C=O) groups excluding carboxylic acids is 2. The van der Waals surface area contributed by atoms with Crippen molar-refractivity contribution in [1.29, 1.82) is 5.26 Å². The lowest BCUT2D eigenvalue weighted by Crippen LogP contribution is -2.45. The molecule has 1 aromatic carbocycles. The second-order valence-electron chi connectivity index (χ2n) is 4.29. The Balaban J connectivity index is 2.90. The van der Waals surface area contributed by atoms with Crippen molar-refractivity contribution in [2.24, 2.45) is 5.92 Å². The monoisotopic (exact) mass is 294 g/mol. The number of hydrogen-bond donors (Lipinski definition) is 1. The lowest BCUT2D eigenvalue weighted by Gasteiger charge is -2.21. The van der Waals surface area contributed by atoms with E-state index in [4.69, 9.17) is 16.9 Å². The van der Waals surface area contributed by atoms with Crippen molar-refractivity contribution in [3.05, 3.63) is 34.9 Å². The van der Waals surface area contributed by atoms with Gasteiger partial charge in [0, 0.05) is 12.3 Å². The number of methoxy groups -OCH3 is 1. The highest BCUT2D eigenvalue weighted by molar-refractivity contribution is 6.33. The van der Waals surface area contributed by atoms with E-state index in [1.807, 2.05) is 6.07 Å². The van der Waals surface area contributed by atoms with E-state index in [1.54, 1.807) is 31.2 Å². The summed E-state index contributed by atoms with van der Waals surface area (Å²) in [6.45, 7) is 1.69. The Morgan fingerprint density at radius 1 is 1.45 bits per heavy atom. The summed E-state index contributed by atoms with van der Waals surface area (Å²) in [6.07, 6.45) is 0.128. The summed E-state index contributed by atoms with van der Waals surface area (Å²) in [6, 6.07) is 7.60. The molecule has 0 aliphatic carbocycles. The van der Waals surface area contributed by atoms with Gasteiger partial charge in [-0.2, -0.15) is 5.26 Å². The number of halogens is 1. The van der Waals surface area contributed by atoms with Gasteiger partial charge >= 0.3 is 5.97 Å².